The van der Waals surface area contributed by atoms with E-state index in [2.05, 4.69) is 0 Å². The smallest absolute Gasteiger partial charge is 0.332 e. The van der Waals surface area contributed by atoms with E-state index in [9.17, 15) is 19.8 Å². The summed E-state index contributed by atoms with van der Waals surface area (Å²) in [7, 11) is 0. The fourth-order valence-electron chi connectivity index (χ4n) is 2.85. The van der Waals surface area contributed by atoms with Gasteiger partial charge in [-0.2, -0.15) is 0 Å². The Bertz CT molecular complexity index is 525. The standard InChI is InChI=1S/C16H18O4/c17-15(18)13(10-11-6-2-1-3-7-11)14(16(19)20)12-8-4-5-9-12/h1-3,6-7,12H,4-5,8-10H2,(H,17,18)(H,19,20). The van der Waals surface area contributed by atoms with Gasteiger partial charge in [-0.05, 0) is 24.3 Å². The molecule has 0 amide bonds. The Balaban J connectivity index is 2.38. The molecule has 1 aliphatic rings. The van der Waals surface area contributed by atoms with E-state index < -0.39 is 11.9 Å². The summed E-state index contributed by atoms with van der Waals surface area (Å²) in [6, 6.07) is 9.13. The second-order valence-corrected chi connectivity index (χ2v) is 5.15. The molecule has 4 heteroatoms. The molecular weight excluding hydrogens is 256 g/mol. The van der Waals surface area contributed by atoms with E-state index in [1.165, 1.54) is 0 Å². The van der Waals surface area contributed by atoms with Crippen molar-refractivity contribution in [3.8, 4) is 0 Å². The summed E-state index contributed by atoms with van der Waals surface area (Å²) in [5.41, 5.74) is 0.941. The monoisotopic (exact) mass is 274 g/mol. The third kappa shape index (κ3) is 3.26. The van der Waals surface area contributed by atoms with E-state index in [-0.39, 0.29) is 23.5 Å². The molecule has 1 aromatic carbocycles. The number of hydrogen-bond donors (Lipinski definition) is 2. The van der Waals surface area contributed by atoms with Gasteiger partial charge in [0.05, 0.1) is 11.1 Å². The maximum atomic E-state index is 11.5. The van der Waals surface area contributed by atoms with Crippen LogP contribution >= 0.6 is 0 Å². The third-order valence-electron chi connectivity index (χ3n) is 3.80. The molecule has 2 rings (SSSR count). The van der Waals surface area contributed by atoms with Crippen LogP contribution in [0.1, 0.15) is 31.2 Å². The SMILES string of the molecule is O=C(O)C(Cc1ccccc1)=C(C(=O)O)C1CCCC1. The lowest BCUT2D eigenvalue weighted by Crippen LogP contribution is -2.18. The van der Waals surface area contributed by atoms with Crippen molar-refractivity contribution in [2.75, 3.05) is 0 Å². The van der Waals surface area contributed by atoms with E-state index >= 15 is 0 Å². The highest BCUT2D eigenvalue weighted by atomic mass is 16.4. The van der Waals surface area contributed by atoms with Crippen LogP contribution in [0.4, 0.5) is 0 Å². The molecule has 0 heterocycles. The van der Waals surface area contributed by atoms with Crippen molar-refractivity contribution in [1.82, 2.24) is 0 Å². The van der Waals surface area contributed by atoms with Crippen molar-refractivity contribution in [2.45, 2.75) is 32.1 Å². The van der Waals surface area contributed by atoms with Crippen molar-refractivity contribution in [2.24, 2.45) is 5.92 Å². The van der Waals surface area contributed by atoms with Gasteiger partial charge in [0, 0.05) is 6.42 Å². The van der Waals surface area contributed by atoms with Crippen LogP contribution in [0.3, 0.4) is 0 Å². The van der Waals surface area contributed by atoms with Gasteiger partial charge in [0.1, 0.15) is 0 Å². The highest BCUT2D eigenvalue weighted by Gasteiger charge is 2.29. The van der Waals surface area contributed by atoms with Crippen molar-refractivity contribution in [3.05, 3.63) is 47.0 Å². The Hall–Kier alpha value is -2.10. The van der Waals surface area contributed by atoms with E-state index in [0.29, 0.717) is 0 Å². The van der Waals surface area contributed by atoms with Crippen LogP contribution in [0, 0.1) is 5.92 Å². The molecule has 0 radical (unpaired) electrons. The second-order valence-electron chi connectivity index (χ2n) is 5.15. The largest absolute Gasteiger partial charge is 0.478 e. The molecule has 106 valence electrons. The van der Waals surface area contributed by atoms with E-state index in [1.54, 1.807) is 0 Å². The minimum absolute atomic E-state index is 0.0237. The molecule has 1 aliphatic carbocycles. The van der Waals surface area contributed by atoms with Gasteiger partial charge in [0.2, 0.25) is 0 Å². The third-order valence-corrected chi connectivity index (χ3v) is 3.80. The molecule has 1 aromatic rings. The first kappa shape index (κ1) is 14.3. The zero-order valence-electron chi connectivity index (χ0n) is 11.2. The number of carboxylic acids is 2. The molecule has 0 aromatic heterocycles. The van der Waals surface area contributed by atoms with Gasteiger partial charge in [0.25, 0.3) is 0 Å². The number of carbonyl (C=O) groups is 2. The van der Waals surface area contributed by atoms with Crippen molar-refractivity contribution < 1.29 is 19.8 Å². The van der Waals surface area contributed by atoms with Gasteiger partial charge in [-0.15, -0.1) is 0 Å². The lowest BCUT2D eigenvalue weighted by Gasteiger charge is -2.14. The van der Waals surface area contributed by atoms with Gasteiger partial charge in [0.15, 0.2) is 0 Å². The highest BCUT2D eigenvalue weighted by molar-refractivity contribution is 5.99. The van der Waals surface area contributed by atoms with Crippen LogP contribution in [0.25, 0.3) is 0 Å². The molecule has 2 N–H and O–H groups in total. The summed E-state index contributed by atoms with van der Waals surface area (Å²) in [6.07, 6.45) is 3.65. The zero-order chi connectivity index (χ0) is 14.5. The minimum atomic E-state index is -1.13. The number of aliphatic carboxylic acids is 2. The predicted octanol–water partition coefficient (Wildman–Crippen LogP) is 2.89. The Labute approximate surface area is 117 Å². The molecule has 0 spiro atoms. The fourth-order valence-corrected chi connectivity index (χ4v) is 2.85. The Kier molecular flexibility index (Phi) is 4.56. The molecule has 20 heavy (non-hydrogen) atoms. The number of benzene rings is 1. The fraction of sp³-hybridized carbons (Fsp3) is 0.375. The summed E-state index contributed by atoms with van der Waals surface area (Å²) < 4.78 is 0. The van der Waals surface area contributed by atoms with Crippen LogP contribution in [-0.4, -0.2) is 22.2 Å². The number of rotatable bonds is 5. The lowest BCUT2D eigenvalue weighted by molar-refractivity contribution is -0.136. The molecule has 0 saturated heterocycles. The summed E-state index contributed by atoms with van der Waals surface area (Å²) in [4.78, 5) is 23.0. The first-order chi connectivity index (χ1) is 9.59. The van der Waals surface area contributed by atoms with Gasteiger partial charge in [-0.3, -0.25) is 0 Å². The van der Waals surface area contributed by atoms with Crippen molar-refractivity contribution in [3.63, 3.8) is 0 Å². The topological polar surface area (TPSA) is 74.6 Å². The molecule has 0 atom stereocenters. The average Bonchev–Trinajstić information content (AvgIpc) is 2.92. The normalized spacial score (nSPS) is 16.8. The van der Waals surface area contributed by atoms with Crippen LogP contribution < -0.4 is 0 Å². The summed E-state index contributed by atoms with van der Waals surface area (Å²) >= 11 is 0. The summed E-state index contributed by atoms with van der Waals surface area (Å²) in [5.74, 6) is -2.34. The number of hydrogen-bond acceptors (Lipinski definition) is 2. The zero-order valence-corrected chi connectivity index (χ0v) is 11.2. The van der Waals surface area contributed by atoms with Crippen LogP contribution in [0.5, 0.6) is 0 Å². The molecule has 0 unspecified atom stereocenters. The maximum Gasteiger partial charge on any atom is 0.332 e. The van der Waals surface area contributed by atoms with Crippen molar-refractivity contribution >= 4 is 11.9 Å². The van der Waals surface area contributed by atoms with E-state index in [4.69, 9.17) is 0 Å². The Morgan fingerprint density at radius 1 is 1.00 bits per heavy atom. The first-order valence-corrected chi connectivity index (χ1v) is 6.83. The van der Waals surface area contributed by atoms with Gasteiger partial charge in [-0.25, -0.2) is 9.59 Å². The molecular formula is C16H18O4. The van der Waals surface area contributed by atoms with E-state index in [0.717, 1.165) is 31.2 Å². The van der Waals surface area contributed by atoms with Crippen LogP contribution in [0.15, 0.2) is 41.5 Å². The molecule has 0 bridgehead atoms. The Morgan fingerprint density at radius 3 is 2.10 bits per heavy atom. The summed E-state index contributed by atoms with van der Waals surface area (Å²) in [5, 5.41) is 18.8. The molecule has 1 saturated carbocycles. The second kappa shape index (κ2) is 6.37. The predicted molar refractivity (Wildman–Crippen MR) is 74.4 cm³/mol. The average molecular weight is 274 g/mol. The van der Waals surface area contributed by atoms with E-state index in [1.807, 2.05) is 30.3 Å². The molecule has 1 fully saturated rings. The quantitative estimate of drug-likeness (QED) is 0.810. The van der Waals surface area contributed by atoms with Crippen LogP contribution in [0.2, 0.25) is 0 Å². The molecule has 4 nitrogen and oxygen atoms in total. The summed E-state index contributed by atoms with van der Waals surface area (Å²) in [6.45, 7) is 0. The highest BCUT2D eigenvalue weighted by Crippen LogP contribution is 2.33. The van der Waals surface area contributed by atoms with Crippen LogP contribution in [-0.2, 0) is 16.0 Å². The maximum absolute atomic E-state index is 11.5. The molecule has 0 aliphatic heterocycles. The lowest BCUT2D eigenvalue weighted by atomic mass is 9.89. The Morgan fingerprint density at radius 2 is 1.60 bits per heavy atom. The van der Waals surface area contributed by atoms with Gasteiger partial charge in [-0.1, -0.05) is 43.2 Å². The first-order valence-electron chi connectivity index (χ1n) is 6.83. The van der Waals surface area contributed by atoms with Crippen molar-refractivity contribution in [1.29, 1.82) is 0 Å². The minimum Gasteiger partial charge on any atom is -0.478 e. The number of carboxylic acid groups (broad SMARTS) is 2. The van der Waals surface area contributed by atoms with Gasteiger partial charge < -0.3 is 10.2 Å². The van der Waals surface area contributed by atoms with Gasteiger partial charge >= 0.3 is 11.9 Å².